The number of carbonyl (C=O) groups is 3. The molecule has 0 spiro atoms. The predicted molar refractivity (Wildman–Crippen MR) is 43.6 cm³/mol. The van der Waals surface area contributed by atoms with Crippen LogP contribution in [-0.2, 0) is 19.1 Å². The highest BCUT2D eigenvalue weighted by molar-refractivity contribution is 5.90. The first-order valence-electron chi connectivity index (χ1n) is 4.02. The maximum Gasteiger partial charge on any atom is 0.314 e. The van der Waals surface area contributed by atoms with E-state index in [9.17, 15) is 14.4 Å². The molecule has 1 aliphatic rings. The van der Waals surface area contributed by atoms with E-state index in [0.717, 1.165) is 0 Å². The molecule has 1 fully saturated rings. The summed E-state index contributed by atoms with van der Waals surface area (Å²) in [4.78, 5) is 32.2. The Morgan fingerprint density at radius 2 is 1.92 bits per heavy atom. The molecule has 4 nitrogen and oxygen atoms in total. The normalized spacial score (nSPS) is 19.9. The first-order valence-corrected chi connectivity index (χ1v) is 4.02. The summed E-state index contributed by atoms with van der Waals surface area (Å²) in [6.45, 7) is 1.70. The van der Waals surface area contributed by atoms with Gasteiger partial charge in [0.15, 0.2) is 0 Å². The molecule has 0 radical (unpaired) electrons. The standard InChI is InChI=1S/C9H10O4/c1-2-6(5-10)7-3-8(11)13-9(12)4-7/h2,5,7H,3-4H2,1H3/b6-2-. The highest BCUT2D eigenvalue weighted by Gasteiger charge is 2.28. The second kappa shape index (κ2) is 3.98. The van der Waals surface area contributed by atoms with Crippen LogP contribution >= 0.6 is 0 Å². The van der Waals surface area contributed by atoms with E-state index < -0.39 is 11.9 Å². The lowest BCUT2D eigenvalue weighted by molar-refractivity contribution is -0.164. The number of rotatable bonds is 2. The lowest BCUT2D eigenvalue weighted by Crippen LogP contribution is -2.26. The number of carbonyl (C=O) groups excluding carboxylic acids is 3. The maximum atomic E-state index is 10.8. The summed E-state index contributed by atoms with van der Waals surface area (Å²) in [7, 11) is 0. The van der Waals surface area contributed by atoms with Gasteiger partial charge in [-0.25, -0.2) is 0 Å². The second-order valence-corrected chi connectivity index (χ2v) is 2.86. The van der Waals surface area contributed by atoms with Crippen LogP contribution in [0.5, 0.6) is 0 Å². The zero-order chi connectivity index (χ0) is 9.84. The van der Waals surface area contributed by atoms with Crippen molar-refractivity contribution in [3.63, 3.8) is 0 Å². The first kappa shape index (κ1) is 9.64. The van der Waals surface area contributed by atoms with Gasteiger partial charge in [0.05, 0.1) is 12.8 Å². The Balaban J connectivity index is 2.75. The Morgan fingerprint density at radius 1 is 1.38 bits per heavy atom. The van der Waals surface area contributed by atoms with E-state index in [1.807, 2.05) is 0 Å². The summed E-state index contributed by atoms with van der Waals surface area (Å²) < 4.78 is 4.33. The van der Waals surface area contributed by atoms with Gasteiger partial charge in [0, 0.05) is 5.92 Å². The van der Waals surface area contributed by atoms with Gasteiger partial charge >= 0.3 is 11.9 Å². The van der Waals surface area contributed by atoms with Crippen LogP contribution in [0.3, 0.4) is 0 Å². The van der Waals surface area contributed by atoms with Crippen LogP contribution in [-0.4, -0.2) is 18.2 Å². The molecule has 70 valence electrons. The van der Waals surface area contributed by atoms with Crippen LogP contribution in [0.25, 0.3) is 0 Å². The van der Waals surface area contributed by atoms with Gasteiger partial charge in [-0.3, -0.25) is 14.4 Å². The van der Waals surface area contributed by atoms with Gasteiger partial charge in [0.1, 0.15) is 6.29 Å². The van der Waals surface area contributed by atoms with Gasteiger partial charge in [-0.05, 0) is 12.5 Å². The number of ether oxygens (including phenoxy) is 1. The molecular weight excluding hydrogens is 172 g/mol. The fraction of sp³-hybridized carbons (Fsp3) is 0.444. The predicted octanol–water partition coefficient (Wildman–Crippen LogP) is 0.611. The average molecular weight is 182 g/mol. The summed E-state index contributed by atoms with van der Waals surface area (Å²) in [5.74, 6) is -1.40. The molecule has 0 aromatic heterocycles. The summed E-state index contributed by atoms with van der Waals surface area (Å²) in [5.41, 5.74) is 0.491. The lowest BCUT2D eigenvalue weighted by Gasteiger charge is -2.19. The summed E-state index contributed by atoms with van der Waals surface area (Å²) in [6, 6.07) is 0. The van der Waals surface area contributed by atoms with E-state index in [-0.39, 0.29) is 18.8 Å². The summed E-state index contributed by atoms with van der Waals surface area (Å²) in [6.07, 6.45) is 2.52. The summed E-state index contributed by atoms with van der Waals surface area (Å²) in [5, 5.41) is 0. The van der Waals surface area contributed by atoms with Crippen molar-refractivity contribution < 1.29 is 19.1 Å². The van der Waals surface area contributed by atoms with Gasteiger partial charge in [-0.1, -0.05) is 6.08 Å². The van der Waals surface area contributed by atoms with Crippen LogP contribution in [0.15, 0.2) is 11.6 Å². The molecule has 0 aliphatic carbocycles. The van der Waals surface area contributed by atoms with Crippen LogP contribution in [0.2, 0.25) is 0 Å². The van der Waals surface area contributed by atoms with E-state index in [0.29, 0.717) is 11.9 Å². The Kier molecular flexibility index (Phi) is 2.95. The third-order valence-electron chi connectivity index (χ3n) is 1.99. The van der Waals surface area contributed by atoms with Crippen molar-refractivity contribution in [2.45, 2.75) is 19.8 Å². The minimum atomic E-state index is -0.553. The zero-order valence-electron chi connectivity index (χ0n) is 7.28. The van der Waals surface area contributed by atoms with Crippen molar-refractivity contribution in [1.82, 2.24) is 0 Å². The largest absolute Gasteiger partial charge is 0.393 e. The molecule has 13 heavy (non-hydrogen) atoms. The van der Waals surface area contributed by atoms with Crippen LogP contribution in [0.1, 0.15) is 19.8 Å². The molecule has 0 unspecified atom stereocenters. The van der Waals surface area contributed by atoms with Crippen LogP contribution < -0.4 is 0 Å². The quantitative estimate of drug-likeness (QED) is 0.272. The molecular formula is C9H10O4. The highest BCUT2D eigenvalue weighted by Crippen LogP contribution is 2.23. The van der Waals surface area contributed by atoms with Crippen molar-refractivity contribution >= 4 is 18.2 Å². The molecule has 0 aromatic carbocycles. The highest BCUT2D eigenvalue weighted by atomic mass is 16.6. The van der Waals surface area contributed by atoms with Crippen molar-refractivity contribution in [3.05, 3.63) is 11.6 Å². The number of hydrogen-bond acceptors (Lipinski definition) is 4. The molecule has 1 rings (SSSR count). The minimum Gasteiger partial charge on any atom is -0.393 e. The Hall–Kier alpha value is -1.45. The lowest BCUT2D eigenvalue weighted by atomic mass is 9.91. The van der Waals surface area contributed by atoms with Crippen LogP contribution in [0.4, 0.5) is 0 Å². The molecule has 1 aliphatic heterocycles. The molecule has 0 bridgehead atoms. The number of cyclic esters (lactones) is 2. The third-order valence-corrected chi connectivity index (χ3v) is 1.99. The Labute approximate surface area is 75.6 Å². The SMILES string of the molecule is C/C=C(/C=O)C1CC(=O)OC(=O)C1. The minimum absolute atomic E-state index is 0.115. The van der Waals surface area contributed by atoms with E-state index in [2.05, 4.69) is 4.74 Å². The second-order valence-electron chi connectivity index (χ2n) is 2.86. The number of aldehydes is 1. The fourth-order valence-electron chi connectivity index (χ4n) is 1.32. The topological polar surface area (TPSA) is 60.4 Å². The molecule has 1 saturated heterocycles. The Morgan fingerprint density at radius 3 is 2.31 bits per heavy atom. The van der Waals surface area contributed by atoms with E-state index in [4.69, 9.17) is 0 Å². The van der Waals surface area contributed by atoms with Gasteiger partial charge in [-0.15, -0.1) is 0 Å². The number of allylic oxidation sites excluding steroid dienone is 2. The molecule has 0 atom stereocenters. The number of hydrogen-bond donors (Lipinski definition) is 0. The molecule has 0 saturated carbocycles. The van der Waals surface area contributed by atoms with Gasteiger partial charge in [0.25, 0.3) is 0 Å². The maximum absolute atomic E-state index is 10.8. The van der Waals surface area contributed by atoms with Gasteiger partial charge in [-0.2, -0.15) is 0 Å². The molecule has 4 heteroatoms. The molecule has 0 amide bonds. The van der Waals surface area contributed by atoms with Gasteiger partial charge < -0.3 is 4.74 Å². The van der Waals surface area contributed by atoms with E-state index >= 15 is 0 Å². The average Bonchev–Trinajstić information content (AvgIpc) is 2.04. The van der Waals surface area contributed by atoms with Crippen molar-refractivity contribution in [2.75, 3.05) is 0 Å². The fourth-order valence-corrected chi connectivity index (χ4v) is 1.32. The van der Waals surface area contributed by atoms with E-state index in [1.54, 1.807) is 13.0 Å². The van der Waals surface area contributed by atoms with Crippen molar-refractivity contribution in [2.24, 2.45) is 5.92 Å². The molecule has 0 aromatic rings. The smallest absolute Gasteiger partial charge is 0.314 e. The van der Waals surface area contributed by atoms with Crippen molar-refractivity contribution in [1.29, 1.82) is 0 Å². The summed E-state index contributed by atoms with van der Waals surface area (Å²) >= 11 is 0. The first-order chi connectivity index (χ1) is 6.17. The number of esters is 2. The molecule has 0 N–H and O–H groups in total. The van der Waals surface area contributed by atoms with Crippen LogP contribution in [0, 0.1) is 5.92 Å². The van der Waals surface area contributed by atoms with Crippen molar-refractivity contribution in [3.8, 4) is 0 Å². The van der Waals surface area contributed by atoms with Gasteiger partial charge in [0.2, 0.25) is 0 Å². The Bertz CT molecular complexity index is 261. The van der Waals surface area contributed by atoms with E-state index in [1.165, 1.54) is 0 Å². The molecule has 1 heterocycles. The zero-order valence-corrected chi connectivity index (χ0v) is 7.28. The monoisotopic (exact) mass is 182 g/mol. The third kappa shape index (κ3) is 2.24.